The predicted molar refractivity (Wildman–Crippen MR) is 119 cm³/mol. The van der Waals surface area contributed by atoms with Crippen molar-refractivity contribution < 1.29 is 14.7 Å². The number of aliphatic hydroxyl groups is 1. The zero-order chi connectivity index (χ0) is 21.6. The second kappa shape index (κ2) is 9.41. The summed E-state index contributed by atoms with van der Waals surface area (Å²) in [7, 11) is 0. The van der Waals surface area contributed by atoms with Crippen LogP contribution in [0.15, 0.2) is 66.7 Å². The Morgan fingerprint density at radius 3 is 2.37 bits per heavy atom. The number of fused-ring (bicyclic) bond motifs is 1. The van der Waals surface area contributed by atoms with Gasteiger partial charge in [-0.3, -0.25) is 4.79 Å². The van der Waals surface area contributed by atoms with Gasteiger partial charge in [0.05, 0.1) is 18.6 Å². The lowest BCUT2D eigenvalue weighted by molar-refractivity contribution is -0.122. The van der Waals surface area contributed by atoms with Crippen molar-refractivity contribution in [3.05, 3.63) is 77.9 Å². The minimum atomic E-state index is -0.652. The zero-order valence-corrected chi connectivity index (χ0v) is 17.2. The molecule has 4 N–H and O–H groups in total. The molecule has 0 aliphatic rings. The number of benzene rings is 3. The van der Waals surface area contributed by atoms with Crippen LogP contribution in [0.3, 0.4) is 0 Å². The van der Waals surface area contributed by atoms with Crippen molar-refractivity contribution in [2.45, 2.75) is 32.4 Å². The van der Waals surface area contributed by atoms with Gasteiger partial charge in [0.25, 0.3) is 0 Å². The van der Waals surface area contributed by atoms with Crippen LogP contribution in [0, 0.1) is 0 Å². The van der Waals surface area contributed by atoms with E-state index in [1.807, 2.05) is 42.5 Å². The molecule has 6 heteroatoms. The first-order valence-electron chi connectivity index (χ1n) is 9.88. The number of aliphatic hydroxyl groups excluding tert-OH is 1. The third-order valence-corrected chi connectivity index (χ3v) is 4.77. The van der Waals surface area contributed by atoms with Gasteiger partial charge >= 0.3 is 6.03 Å². The van der Waals surface area contributed by atoms with E-state index in [1.165, 1.54) is 0 Å². The van der Waals surface area contributed by atoms with E-state index in [1.54, 1.807) is 38.1 Å². The highest BCUT2D eigenvalue weighted by atomic mass is 16.3. The maximum atomic E-state index is 12.3. The first-order valence-corrected chi connectivity index (χ1v) is 9.88. The Kier molecular flexibility index (Phi) is 6.69. The maximum Gasteiger partial charge on any atom is 0.319 e. The fourth-order valence-electron chi connectivity index (χ4n) is 3.15. The van der Waals surface area contributed by atoms with Crippen LogP contribution in [0.2, 0.25) is 0 Å². The summed E-state index contributed by atoms with van der Waals surface area (Å²) in [5, 5.41) is 20.0. The molecule has 0 spiro atoms. The van der Waals surface area contributed by atoms with Gasteiger partial charge in [-0.1, -0.05) is 54.6 Å². The molecule has 3 aromatic carbocycles. The standard InChI is InChI=1S/C24H27N3O3/c1-24(2,16-28)27-22(29)14-17-10-12-20(13-11-17)26-23(30)25-15-19-8-5-7-18-6-3-4-9-21(18)19/h3-13,28H,14-16H2,1-2H3,(H,27,29)(H2,25,26,30). The van der Waals surface area contributed by atoms with Crippen LogP contribution in [0.25, 0.3) is 10.8 Å². The molecular weight excluding hydrogens is 378 g/mol. The minimum absolute atomic E-state index is 0.129. The number of hydrogen-bond donors (Lipinski definition) is 4. The molecule has 0 aliphatic heterocycles. The highest BCUT2D eigenvalue weighted by molar-refractivity contribution is 5.90. The number of hydrogen-bond acceptors (Lipinski definition) is 3. The molecule has 6 nitrogen and oxygen atoms in total. The molecule has 3 rings (SSSR count). The summed E-state index contributed by atoms with van der Waals surface area (Å²) in [6.07, 6.45) is 0.205. The number of amides is 3. The van der Waals surface area contributed by atoms with E-state index in [4.69, 9.17) is 0 Å². The highest BCUT2D eigenvalue weighted by Crippen LogP contribution is 2.18. The summed E-state index contributed by atoms with van der Waals surface area (Å²) in [5.74, 6) is -0.164. The molecule has 0 saturated carbocycles. The second-order valence-corrected chi connectivity index (χ2v) is 7.91. The van der Waals surface area contributed by atoms with Crippen molar-refractivity contribution in [2.75, 3.05) is 11.9 Å². The van der Waals surface area contributed by atoms with E-state index < -0.39 is 5.54 Å². The summed E-state index contributed by atoms with van der Waals surface area (Å²) >= 11 is 0. The topological polar surface area (TPSA) is 90.5 Å². The Bertz CT molecular complexity index is 1020. The first-order chi connectivity index (χ1) is 14.4. The lowest BCUT2D eigenvalue weighted by Crippen LogP contribution is -2.46. The van der Waals surface area contributed by atoms with E-state index in [2.05, 4.69) is 16.0 Å². The molecule has 0 aliphatic carbocycles. The molecule has 0 bridgehead atoms. The second-order valence-electron chi connectivity index (χ2n) is 7.91. The molecule has 3 aromatic rings. The van der Waals surface area contributed by atoms with Crippen molar-refractivity contribution >= 4 is 28.4 Å². The van der Waals surface area contributed by atoms with Crippen molar-refractivity contribution in [1.82, 2.24) is 10.6 Å². The third kappa shape index (κ3) is 5.81. The molecule has 0 fully saturated rings. The van der Waals surface area contributed by atoms with Gasteiger partial charge < -0.3 is 21.1 Å². The monoisotopic (exact) mass is 405 g/mol. The minimum Gasteiger partial charge on any atom is -0.394 e. The van der Waals surface area contributed by atoms with E-state index in [0.29, 0.717) is 12.2 Å². The Morgan fingerprint density at radius 2 is 1.63 bits per heavy atom. The Morgan fingerprint density at radius 1 is 0.933 bits per heavy atom. The number of urea groups is 1. The van der Waals surface area contributed by atoms with Gasteiger partial charge in [-0.15, -0.1) is 0 Å². The Hall–Kier alpha value is -3.38. The Labute approximate surface area is 176 Å². The van der Waals surface area contributed by atoms with Crippen molar-refractivity contribution in [1.29, 1.82) is 0 Å². The molecule has 0 atom stereocenters. The quantitative estimate of drug-likeness (QED) is 0.484. The molecule has 0 heterocycles. The summed E-state index contributed by atoms with van der Waals surface area (Å²) in [5.41, 5.74) is 1.87. The van der Waals surface area contributed by atoms with Crippen molar-refractivity contribution in [3.8, 4) is 0 Å². The highest BCUT2D eigenvalue weighted by Gasteiger charge is 2.19. The number of anilines is 1. The van der Waals surface area contributed by atoms with Gasteiger partial charge in [0.1, 0.15) is 0 Å². The number of rotatable bonds is 7. The van der Waals surface area contributed by atoms with Crippen LogP contribution in [0.4, 0.5) is 10.5 Å². The SMILES string of the molecule is CC(C)(CO)NC(=O)Cc1ccc(NC(=O)NCc2cccc3ccccc23)cc1. The summed E-state index contributed by atoms with van der Waals surface area (Å²) in [6.45, 7) is 3.81. The van der Waals surface area contributed by atoms with E-state index in [9.17, 15) is 14.7 Å². The molecule has 0 unspecified atom stereocenters. The molecule has 3 amide bonds. The molecule has 30 heavy (non-hydrogen) atoms. The van der Waals surface area contributed by atoms with E-state index >= 15 is 0 Å². The van der Waals surface area contributed by atoms with Gasteiger partial charge in [0, 0.05) is 12.2 Å². The number of carbonyl (C=O) groups excluding carboxylic acids is 2. The van der Waals surface area contributed by atoms with Gasteiger partial charge in [0.15, 0.2) is 0 Å². The number of nitrogens with one attached hydrogen (secondary N) is 3. The summed E-state index contributed by atoms with van der Waals surface area (Å²) in [4.78, 5) is 24.3. The van der Waals surface area contributed by atoms with Crippen LogP contribution < -0.4 is 16.0 Å². The molecule has 156 valence electrons. The fraction of sp³-hybridized carbons (Fsp3) is 0.250. The largest absolute Gasteiger partial charge is 0.394 e. The van der Waals surface area contributed by atoms with E-state index in [0.717, 1.165) is 21.9 Å². The van der Waals surface area contributed by atoms with Crippen LogP contribution in [-0.4, -0.2) is 29.2 Å². The predicted octanol–water partition coefficient (Wildman–Crippen LogP) is 3.59. The van der Waals surface area contributed by atoms with E-state index in [-0.39, 0.29) is 25.0 Å². The fourth-order valence-corrected chi connectivity index (χ4v) is 3.15. The lowest BCUT2D eigenvalue weighted by atomic mass is 10.0. The van der Waals surface area contributed by atoms with Crippen LogP contribution in [0.5, 0.6) is 0 Å². The van der Waals surface area contributed by atoms with Crippen LogP contribution in [0.1, 0.15) is 25.0 Å². The van der Waals surface area contributed by atoms with Gasteiger partial charge in [0.2, 0.25) is 5.91 Å². The van der Waals surface area contributed by atoms with Crippen molar-refractivity contribution in [2.24, 2.45) is 0 Å². The average Bonchev–Trinajstić information content (AvgIpc) is 2.73. The smallest absolute Gasteiger partial charge is 0.319 e. The first kappa shape index (κ1) is 21.3. The van der Waals surface area contributed by atoms with Gasteiger partial charge in [-0.25, -0.2) is 4.79 Å². The summed E-state index contributed by atoms with van der Waals surface area (Å²) < 4.78 is 0. The zero-order valence-electron chi connectivity index (χ0n) is 17.2. The maximum absolute atomic E-state index is 12.3. The molecule has 0 saturated heterocycles. The molecule has 0 aromatic heterocycles. The molecular formula is C24H27N3O3. The van der Waals surface area contributed by atoms with Gasteiger partial charge in [-0.05, 0) is 47.9 Å². The normalized spacial score (nSPS) is 11.2. The summed E-state index contributed by atoms with van der Waals surface area (Å²) in [6, 6.07) is 20.9. The number of carbonyl (C=O) groups is 2. The molecule has 0 radical (unpaired) electrons. The third-order valence-electron chi connectivity index (χ3n) is 4.77. The van der Waals surface area contributed by atoms with Crippen molar-refractivity contribution in [3.63, 3.8) is 0 Å². The lowest BCUT2D eigenvalue weighted by Gasteiger charge is -2.23. The Balaban J connectivity index is 1.52. The van der Waals surface area contributed by atoms with Crippen LogP contribution >= 0.6 is 0 Å². The van der Waals surface area contributed by atoms with Crippen LogP contribution in [-0.2, 0) is 17.8 Å². The average molecular weight is 405 g/mol. The van der Waals surface area contributed by atoms with Gasteiger partial charge in [-0.2, -0.15) is 0 Å².